The van der Waals surface area contributed by atoms with Crippen LogP contribution in [0.5, 0.6) is 0 Å². The molecular weight excluding hydrogens is 238 g/mol. The Morgan fingerprint density at radius 1 is 1.42 bits per heavy atom. The SMILES string of the molecule is CCn1nccc1C(NC)C1CN(C)CCCN1C. The quantitative estimate of drug-likeness (QED) is 0.873. The minimum Gasteiger partial charge on any atom is -0.310 e. The number of aromatic nitrogens is 2. The van der Waals surface area contributed by atoms with Gasteiger partial charge in [-0.1, -0.05) is 0 Å². The van der Waals surface area contributed by atoms with Crippen molar-refractivity contribution in [3.8, 4) is 0 Å². The Labute approximate surface area is 116 Å². The van der Waals surface area contributed by atoms with E-state index in [1.165, 1.54) is 18.7 Å². The molecule has 0 spiro atoms. The Hall–Kier alpha value is -0.910. The number of hydrogen-bond acceptors (Lipinski definition) is 4. The Bertz CT molecular complexity index is 389. The van der Waals surface area contributed by atoms with Crippen molar-refractivity contribution in [1.29, 1.82) is 0 Å². The zero-order chi connectivity index (χ0) is 13.8. The predicted octanol–water partition coefficient (Wildman–Crippen LogP) is 0.799. The van der Waals surface area contributed by atoms with E-state index < -0.39 is 0 Å². The van der Waals surface area contributed by atoms with E-state index in [9.17, 15) is 0 Å². The summed E-state index contributed by atoms with van der Waals surface area (Å²) in [5, 5.41) is 7.91. The van der Waals surface area contributed by atoms with Gasteiger partial charge in [0.2, 0.25) is 0 Å². The van der Waals surface area contributed by atoms with E-state index in [-0.39, 0.29) is 0 Å². The van der Waals surface area contributed by atoms with Crippen LogP contribution in [0.2, 0.25) is 0 Å². The van der Waals surface area contributed by atoms with Gasteiger partial charge in [-0.2, -0.15) is 5.10 Å². The smallest absolute Gasteiger partial charge is 0.0659 e. The summed E-state index contributed by atoms with van der Waals surface area (Å²) >= 11 is 0. The first-order chi connectivity index (χ1) is 9.17. The minimum atomic E-state index is 0.327. The van der Waals surface area contributed by atoms with Crippen molar-refractivity contribution >= 4 is 0 Å². The standard InChI is InChI=1S/C14H27N5/c1-5-19-12(7-8-16-19)14(15-2)13-11-17(3)9-6-10-18(13)4/h7-8,13-15H,5-6,9-11H2,1-4H3. The molecule has 0 aliphatic carbocycles. The molecule has 0 saturated carbocycles. The maximum atomic E-state index is 4.41. The van der Waals surface area contributed by atoms with Gasteiger partial charge in [-0.05, 0) is 53.6 Å². The third kappa shape index (κ3) is 3.16. The number of hydrogen-bond donors (Lipinski definition) is 1. The van der Waals surface area contributed by atoms with Crippen LogP contribution in [0.15, 0.2) is 12.3 Å². The maximum Gasteiger partial charge on any atom is 0.0659 e. The molecule has 5 nitrogen and oxygen atoms in total. The second-order valence-corrected chi connectivity index (χ2v) is 5.50. The van der Waals surface area contributed by atoms with Crippen molar-refractivity contribution in [1.82, 2.24) is 24.9 Å². The third-order valence-electron chi connectivity index (χ3n) is 4.18. The van der Waals surface area contributed by atoms with Crippen LogP contribution < -0.4 is 5.32 Å². The van der Waals surface area contributed by atoms with E-state index in [1.54, 1.807) is 0 Å². The molecule has 1 aliphatic rings. The highest BCUT2D eigenvalue weighted by molar-refractivity contribution is 5.11. The fourth-order valence-corrected chi connectivity index (χ4v) is 3.07. The lowest BCUT2D eigenvalue weighted by Gasteiger charge is -2.34. The lowest BCUT2D eigenvalue weighted by Crippen LogP contribution is -2.46. The topological polar surface area (TPSA) is 36.3 Å². The van der Waals surface area contributed by atoms with E-state index in [1.807, 2.05) is 6.20 Å². The molecule has 0 aromatic carbocycles. The number of likely N-dealkylation sites (N-methyl/N-ethyl adjacent to an activating group) is 3. The van der Waals surface area contributed by atoms with Gasteiger partial charge >= 0.3 is 0 Å². The first-order valence-corrected chi connectivity index (χ1v) is 7.25. The van der Waals surface area contributed by atoms with Crippen LogP contribution in [0, 0.1) is 0 Å². The molecule has 0 amide bonds. The first-order valence-electron chi connectivity index (χ1n) is 7.25. The molecule has 5 heteroatoms. The fourth-order valence-electron chi connectivity index (χ4n) is 3.07. The van der Waals surface area contributed by atoms with Crippen LogP contribution in [0.4, 0.5) is 0 Å². The molecule has 2 unspecified atom stereocenters. The summed E-state index contributed by atoms with van der Waals surface area (Å²) in [4.78, 5) is 4.92. The average Bonchev–Trinajstić information content (AvgIpc) is 2.79. The Balaban J connectivity index is 2.24. The van der Waals surface area contributed by atoms with Gasteiger partial charge in [-0.15, -0.1) is 0 Å². The molecule has 2 atom stereocenters. The van der Waals surface area contributed by atoms with Crippen LogP contribution in [0.3, 0.4) is 0 Å². The van der Waals surface area contributed by atoms with Crippen LogP contribution in [-0.2, 0) is 6.54 Å². The minimum absolute atomic E-state index is 0.327. The van der Waals surface area contributed by atoms with Gasteiger partial charge in [0.05, 0.1) is 11.7 Å². The van der Waals surface area contributed by atoms with Gasteiger partial charge < -0.3 is 15.1 Å². The normalized spacial score (nSPS) is 24.3. The Kier molecular flexibility index (Phi) is 4.96. The van der Waals surface area contributed by atoms with E-state index in [2.05, 4.69) is 59.0 Å². The van der Waals surface area contributed by atoms with Crippen LogP contribution in [0.25, 0.3) is 0 Å². The summed E-state index contributed by atoms with van der Waals surface area (Å²) in [5.41, 5.74) is 1.29. The van der Waals surface area contributed by atoms with E-state index in [4.69, 9.17) is 0 Å². The number of aryl methyl sites for hydroxylation is 1. The van der Waals surface area contributed by atoms with Gasteiger partial charge in [0.15, 0.2) is 0 Å². The van der Waals surface area contributed by atoms with Crippen LogP contribution in [-0.4, -0.2) is 66.4 Å². The van der Waals surface area contributed by atoms with Gasteiger partial charge in [0.1, 0.15) is 0 Å². The van der Waals surface area contributed by atoms with Gasteiger partial charge in [-0.3, -0.25) is 4.68 Å². The molecule has 1 aliphatic heterocycles. The maximum absolute atomic E-state index is 4.41. The molecule has 2 heterocycles. The van der Waals surface area contributed by atoms with Crippen molar-refractivity contribution in [2.45, 2.75) is 32.0 Å². The highest BCUT2D eigenvalue weighted by Crippen LogP contribution is 2.22. The molecule has 0 radical (unpaired) electrons. The molecule has 2 rings (SSSR count). The summed E-state index contributed by atoms with van der Waals surface area (Å²) in [6, 6.07) is 2.95. The molecule has 1 N–H and O–H groups in total. The summed E-state index contributed by atoms with van der Waals surface area (Å²) in [7, 11) is 6.51. The molecule has 1 fully saturated rings. The van der Waals surface area contributed by atoms with Gasteiger partial charge in [0.25, 0.3) is 0 Å². The number of rotatable bonds is 4. The van der Waals surface area contributed by atoms with Crippen LogP contribution >= 0.6 is 0 Å². The Morgan fingerprint density at radius 2 is 2.21 bits per heavy atom. The van der Waals surface area contributed by atoms with Crippen LogP contribution in [0.1, 0.15) is 25.1 Å². The van der Waals surface area contributed by atoms with Crippen molar-refractivity contribution in [2.24, 2.45) is 0 Å². The number of nitrogens with zero attached hydrogens (tertiary/aromatic N) is 4. The van der Waals surface area contributed by atoms with E-state index >= 15 is 0 Å². The van der Waals surface area contributed by atoms with Crippen molar-refractivity contribution in [3.05, 3.63) is 18.0 Å². The molecule has 19 heavy (non-hydrogen) atoms. The van der Waals surface area contributed by atoms with E-state index in [0.717, 1.165) is 19.6 Å². The third-order valence-corrected chi connectivity index (χ3v) is 4.18. The van der Waals surface area contributed by atoms with Gasteiger partial charge in [-0.25, -0.2) is 0 Å². The fraction of sp³-hybridized carbons (Fsp3) is 0.786. The summed E-state index contributed by atoms with van der Waals surface area (Å²) in [6.45, 7) is 6.51. The first kappa shape index (κ1) is 14.5. The summed E-state index contributed by atoms with van der Waals surface area (Å²) < 4.78 is 2.10. The summed E-state index contributed by atoms with van der Waals surface area (Å²) in [6.07, 6.45) is 3.15. The van der Waals surface area contributed by atoms with Gasteiger partial charge in [0, 0.05) is 25.3 Å². The second kappa shape index (κ2) is 6.50. The zero-order valence-corrected chi connectivity index (χ0v) is 12.6. The van der Waals surface area contributed by atoms with Crippen molar-refractivity contribution in [3.63, 3.8) is 0 Å². The molecular formula is C14H27N5. The van der Waals surface area contributed by atoms with E-state index in [0.29, 0.717) is 12.1 Å². The molecule has 108 valence electrons. The molecule has 1 saturated heterocycles. The lowest BCUT2D eigenvalue weighted by atomic mass is 10.0. The zero-order valence-electron chi connectivity index (χ0n) is 12.6. The highest BCUT2D eigenvalue weighted by atomic mass is 15.3. The summed E-state index contributed by atoms with van der Waals surface area (Å²) in [5.74, 6) is 0. The largest absolute Gasteiger partial charge is 0.310 e. The monoisotopic (exact) mass is 265 g/mol. The molecule has 1 aromatic heterocycles. The van der Waals surface area contributed by atoms with Crippen molar-refractivity contribution < 1.29 is 0 Å². The number of nitrogens with one attached hydrogen (secondary N) is 1. The highest BCUT2D eigenvalue weighted by Gasteiger charge is 2.30. The predicted molar refractivity (Wildman–Crippen MR) is 78.2 cm³/mol. The van der Waals surface area contributed by atoms with Crippen molar-refractivity contribution in [2.75, 3.05) is 40.8 Å². The lowest BCUT2D eigenvalue weighted by molar-refractivity contribution is 0.178. The molecule has 0 bridgehead atoms. The average molecular weight is 265 g/mol. The molecule has 1 aromatic rings. The second-order valence-electron chi connectivity index (χ2n) is 5.50. The Morgan fingerprint density at radius 3 is 2.89 bits per heavy atom.